The Morgan fingerprint density at radius 3 is 2.26 bits per heavy atom. The summed E-state index contributed by atoms with van der Waals surface area (Å²) in [7, 11) is 0. The average molecular weight is 421 g/mol. The van der Waals surface area contributed by atoms with Gasteiger partial charge in [0.15, 0.2) is 5.41 Å². The Hall–Kier alpha value is -3.08. The van der Waals surface area contributed by atoms with E-state index < -0.39 is 28.6 Å². The van der Waals surface area contributed by atoms with Crippen molar-refractivity contribution in [3.8, 4) is 24.0 Å². The Kier molecular flexibility index (Phi) is 6.25. The van der Waals surface area contributed by atoms with Gasteiger partial charge in [-0.2, -0.15) is 15.8 Å². The number of benzene rings is 1. The summed E-state index contributed by atoms with van der Waals surface area (Å²) in [6.45, 7) is 6.30. The maximum absolute atomic E-state index is 10.2. The van der Waals surface area contributed by atoms with Crippen LogP contribution in [0, 0.1) is 56.2 Å². The smallest absolute Gasteiger partial charge is 0.214 e. The molecule has 0 saturated carbocycles. The number of nitrogens with zero attached hydrogens (tertiary/aromatic N) is 3. The van der Waals surface area contributed by atoms with Crippen LogP contribution in [0.1, 0.15) is 64.5 Å². The van der Waals surface area contributed by atoms with Crippen LogP contribution in [0.2, 0.25) is 0 Å². The van der Waals surface area contributed by atoms with Gasteiger partial charge in [-0.3, -0.25) is 5.41 Å². The highest BCUT2D eigenvalue weighted by Gasteiger charge is 2.78. The van der Waals surface area contributed by atoms with Crippen molar-refractivity contribution in [3.63, 3.8) is 0 Å². The second kappa shape index (κ2) is 8.58. The zero-order chi connectivity index (χ0) is 22.7. The minimum absolute atomic E-state index is 0.373. The van der Waals surface area contributed by atoms with Crippen molar-refractivity contribution in [3.05, 3.63) is 29.8 Å². The van der Waals surface area contributed by atoms with Gasteiger partial charge < -0.3 is 14.2 Å². The molecule has 0 aromatic heterocycles. The third-order valence-electron chi connectivity index (χ3n) is 6.57. The summed E-state index contributed by atoms with van der Waals surface area (Å²) in [5.74, 6) is -1.56. The van der Waals surface area contributed by atoms with E-state index in [1.807, 2.05) is 6.92 Å². The van der Waals surface area contributed by atoms with Gasteiger partial charge in [-0.1, -0.05) is 45.2 Å². The third kappa shape index (κ3) is 3.23. The van der Waals surface area contributed by atoms with Gasteiger partial charge in [-0.05, 0) is 30.5 Å². The van der Waals surface area contributed by atoms with E-state index in [1.54, 1.807) is 31.2 Å². The lowest BCUT2D eigenvalue weighted by atomic mass is 9.53. The predicted octanol–water partition coefficient (Wildman–Crippen LogP) is 5.01. The molecule has 2 fully saturated rings. The van der Waals surface area contributed by atoms with Crippen molar-refractivity contribution in [1.29, 1.82) is 21.2 Å². The van der Waals surface area contributed by atoms with Crippen LogP contribution in [0.3, 0.4) is 0 Å². The summed E-state index contributed by atoms with van der Waals surface area (Å²) in [5, 5.41) is 38.9. The molecule has 2 aliphatic rings. The van der Waals surface area contributed by atoms with Crippen LogP contribution in [0.15, 0.2) is 24.3 Å². The van der Waals surface area contributed by atoms with Gasteiger partial charge in [-0.25, -0.2) is 0 Å². The summed E-state index contributed by atoms with van der Waals surface area (Å²) in [4.78, 5) is 0. The van der Waals surface area contributed by atoms with Crippen molar-refractivity contribution in [1.82, 2.24) is 0 Å². The van der Waals surface area contributed by atoms with Gasteiger partial charge in [-0.15, -0.1) is 0 Å². The summed E-state index contributed by atoms with van der Waals surface area (Å²) in [6, 6.07) is 13.3. The monoisotopic (exact) mass is 420 g/mol. The Labute approximate surface area is 183 Å². The Balaban J connectivity index is 1.95. The summed E-state index contributed by atoms with van der Waals surface area (Å²) < 4.78 is 17.7. The Morgan fingerprint density at radius 1 is 1.03 bits per heavy atom. The number of rotatable bonds is 8. The molecule has 0 aliphatic carbocycles. The van der Waals surface area contributed by atoms with Crippen LogP contribution in [0.5, 0.6) is 5.75 Å². The van der Waals surface area contributed by atoms with E-state index in [0.29, 0.717) is 24.3 Å². The molecule has 2 saturated heterocycles. The van der Waals surface area contributed by atoms with Crippen molar-refractivity contribution in [2.45, 2.75) is 64.8 Å². The molecule has 0 amide bonds. The molecule has 2 aliphatic heterocycles. The van der Waals surface area contributed by atoms with Gasteiger partial charge in [0.05, 0.1) is 30.7 Å². The number of unbranched alkanes of at least 4 members (excludes halogenated alkanes) is 3. The fourth-order valence-electron chi connectivity index (χ4n) is 4.98. The van der Waals surface area contributed by atoms with E-state index in [4.69, 9.17) is 19.6 Å². The maximum Gasteiger partial charge on any atom is 0.214 e. The number of fused-ring (bicyclic) bond motifs is 2. The van der Waals surface area contributed by atoms with Crippen molar-refractivity contribution in [2.24, 2.45) is 16.7 Å². The molecule has 1 aromatic carbocycles. The van der Waals surface area contributed by atoms with E-state index >= 15 is 0 Å². The molecule has 1 aromatic rings. The van der Waals surface area contributed by atoms with E-state index in [1.165, 1.54) is 12.8 Å². The molecule has 7 nitrogen and oxygen atoms in total. The second-order valence-corrected chi connectivity index (χ2v) is 8.34. The minimum Gasteiger partial charge on any atom is -0.494 e. The van der Waals surface area contributed by atoms with Crippen LogP contribution in [0.4, 0.5) is 0 Å². The fourth-order valence-corrected chi connectivity index (χ4v) is 4.98. The van der Waals surface area contributed by atoms with Gasteiger partial charge >= 0.3 is 0 Å². The predicted molar refractivity (Wildman–Crippen MR) is 113 cm³/mol. The standard InChI is InChI=1S/C24H28N4O3/c1-4-6-7-8-13-29-18-11-9-17(10-12-18)20-23(14-25,15-26)24(16-27)19(5-2)22(3,30-20)31-21(24)28/h9-12,19-20,28H,4-8,13H2,1-3H3. The second-order valence-electron chi connectivity index (χ2n) is 8.34. The summed E-state index contributed by atoms with van der Waals surface area (Å²) in [5.41, 5.74) is -3.06. The maximum atomic E-state index is 10.2. The van der Waals surface area contributed by atoms with E-state index in [9.17, 15) is 15.8 Å². The van der Waals surface area contributed by atoms with Crippen molar-refractivity contribution in [2.75, 3.05) is 6.61 Å². The minimum atomic E-state index is -1.92. The first kappa shape index (κ1) is 22.6. The number of nitriles is 3. The topological polar surface area (TPSA) is 123 Å². The Bertz CT molecular complexity index is 941. The van der Waals surface area contributed by atoms with Gasteiger partial charge in [0, 0.05) is 6.92 Å². The molecule has 0 radical (unpaired) electrons. The Morgan fingerprint density at radius 2 is 1.71 bits per heavy atom. The third-order valence-corrected chi connectivity index (χ3v) is 6.57. The fraction of sp³-hybridized carbons (Fsp3) is 0.583. The SMILES string of the molecule is CCCCCCOc1ccc(C2OC3(C)OC(=N)C(C#N)(C3CC)C2(C#N)C#N)cc1. The highest BCUT2D eigenvalue weighted by atomic mass is 16.7. The molecule has 3 rings (SSSR count). The first-order chi connectivity index (χ1) is 14.9. The van der Waals surface area contributed by atoms with Crippen LogP contribution in [-0.2, 0) is 9.47 Å². The van der Waals surface area contributed by atoms with Crippen molar-refractivity contribution >= 4 is 5.90 Å². The molecule has 1 N–H and O–H groups in total. The lowest BCUT2D eigenvalue weighted by Crippen LogP contribution is -2.58. The van der Waals surface area contributed by atoms with Gasteiger partial charge in [0.2, 0.25) is 17.1 Å². The molecule has 4 unspecified atom stereocenters. The lowest BCUT2D eigenvalue weighted by Gasteiger charge is -2.48. The molecule has 0 spiro atoms. The van der Waals surface area contributed by atoms with Crippen LogP contribution in [0.25, 0.3) is 0 Å². The number of hydrogen-bond acceptors (Lipinski definition) is 7. The van der Waals surface area contributed by atoms with Crippen molar-refractivity contribution < 1.29 is 14.2 Å². The first-order valence-electron chi connectivity index (χ1n) is 10.8. The van der Waals surface area contributed by atoms with Crippen LogP contribution in [-0.4, -0.2) is 18.3 Å². The molecule has 2 heterocycles. The molecule has 2 bridgehead atoms. The highest BCUT2D eigenvalue weighted by Crippen LogP contribution is 2.67. The van der Waals surface area contributed by atoms with Crippen LogP contribution >= 0.6 is 0 Å². The quantitative estimate of drug-likeness (QED) is 0.590. The number of hydrogen-bond donors (Lipinski definition) is 1. The zero-order valence-electron chi connectivity index (χ0n) is 18.3. The molecular formula is C24H28N4O3. The molecule has 162 valence electrons. The number of nitrogens with one attached hydrogen (secondary N) is 1. The highest BCUT2D eigenvalue weighted by molar-refractivity contribution is 5.89. The van der Waals surface area contributed by atoms with Gasteiger partial charge in [0.1, 0.15) is 11.9 Å². The average Bonchev–Trinajstić information content (AvgIpc) is 2.96. The largest absolute Gasteiger partial charge is 0.494 e. The number of ether oxygens (including phenoxy) is 3. The molecule has 7 heteroatoms. The van der Waals surface area contributed by atoms with E-state index in [0.717, 1.165) is 12.8 Å². The summed E-state index contributed by atoms with van der Waals surface area (Å²) >= 11 is 0. The zero-order valence-corrected chi connectivity index (χ0v) is 18.3. The molecular weight excluding hydrogens is 392 g/mol. The van der Waals surface area contributed by atoms with E-state index in [-0.39, 0.29) is 5.90 Å². The summed E-state index contributed by atoms with van der Waals surface area (Å²) in [6.07, 6.45) is 3.83. The first-order valence-corrected chi connectivity index (χ1v) is 10.8. The van der Waals surface area contributed by atoms with E-state index in [2.05, 4.69) is 25.1 Å². The molecule has 4 atom stereocenters. The molecule has 31 heavy (non-hydrogen) atoms. The van der Waals surface area contributed by atoms with Gasteiger partial charge in [0.25, 0.3) is 0 Å². The lowest BCUT2D eigenvalue weighted by molar-refractivity contribution is -0.273. The van der Waals surface area contributed by atoms with Crippen LogP contribution < -0.4 is 4.74 Å². The normalized spacial score (nSPS) is 30.5.